The minimum Gasteiger partial charge on any atom is -0.378 e. The fourth-order valence-electron chi connectivity index (χ4n) is 2.57. The summed E-state index contributed by atoms with van der Waals surface area (Å²) in [5.41, 5.74) is 3.37. The Morgan fingerprint density at radius 3 is 2.48 bits per heavy atom. The third-order valence-electron chi connectivity index (χ3n) is 3.94. The number of hydrogen-bond donors (Lipinski definition) is 0. The second kappa shape index (κ2) is 7.62. The third-order valence-corrected chi connectivity index (χ3v) is 3.94. The van der Waals surface area contributed by atoms with Gasteiger partial charge in [-0.1, -0.05) is 42.5 Å². The van der Waals surface area contributed by atoms with Crippen LogP contribution in [0.4, 0.5) is 5.69 Å². The number of hydrogen-bond acceptors (Lipinski definition) is 2. The molecule has 0 radical (unpaired) electrons. The number of rotatable bonds is 4. The Bertz CT molecular complexity index is 927. The summed E-state index contributed by atoms with van der Waals surface area (Å²) in [5, 5.41) is 0. The molecule has 0 N–H and O–H groups in total. The highest BCUT2D eigenvalue weighted by atomic mass is 16.1. The second-order valence-electron chi connectivity index (χ2n) is 6.03. The molecule has 0 aliphatic rings. The minimum atomic E-state index is -0.239. The predicted octanol–water partition coefficient (Wildman–Crippen LogP) is 3.34. The Kier molecular flexibility index (Phi) is 5.09. The molecule has 2 aromatic carbocycles. The maximum absolute atomic E-state index is 12.6. The van der Waals surface area contributed by atoms with Crippen LogP contribution >= 0.6 is 0 Å². The molecule has 0 saturated heterocycles. The average molecular weight is 331 g/mol. The fraction of sp³-hybridized carbons (Fsp3) is 0.143. The lowest BCUT2D eigenvalue weighted by molar-refractivity contribution is 0.0997. The van der Waals surface area contributed by atoms with Crippen LogP contribution in [-0.2, 0) is 6.54 Å². The lowest BCUT2D eigenvalue weighted by Gasteiger charge is -2.12. The van der Waals surface area contributed by atoms with Crippen LogP contribution in [0.5, 0.6) is 0 Å². The van der Waals surface area contributed by atoms with E-state index >= 15 is 0 Å². The number of pyridine rings is 1. The van der Waals surface area contributed by atoms with E-state index < -0.39 is 0 Å². The van der Waals surface area contributed by atoms with E-state index in [-0.39, 0.29) is 5.91 Å². The molecule has 25 heavy (non-hydrogen) atoms. The molecule has 0 aliphatic heterocycles. The van der Waals surface area contributed by atoms with Gasteiger partial charge in [0.1, 0.15) is 5.49 Å². The van der Waals surface area contributed by atoms with E-state index in [1.165, 1.54) is 0 Å². The number of carbonyl (C=O) groups excluding carboxylic acids is 1. The molecule has 0 fully saturated rings. The number of benzene rings is 2. The van der Waals surface area contributed by atoms with Gasteiger partial charge in [-0.15, -0.1) is 0 Å². The van der Waals surface area contributed by atoms with Crippen molar-refractivity contribution in [1.29, 1.82) is 0 Å². The van der Waals surface area contributed by atoms with Crippen LogP contribution < -0.4 is 10.4 Å². The molecule has 0 saturated carbocycles. The van der Waals surface area contributed by atoms with Crippen LogP contribution in [0.2, 0.25) is 0 Å². The molecular weight excluding hydrogens is 310 g/mol. The standard InChI is InChI=1S/C21H21N3O/c1-23(2)19-12-8-11-18(15-19)21(25)22-20-13-6-7-14-24(20)16-17-9-4-3-5-10-17/h3-15H,16H2,1-2H3. The van der Waals surface area contributed by atoms with E-state index in [1.807, 2.05) is 84.4 Å². The highest BCUT2D eigenvalue weighted by Crippen LogP contribution is 2.14. The van der Waals surface area contributed by atoms with Crippen LogP contribution in [0.25, 0.3) is 0 Å². The van der Waals surface area contributed by atoms with Crippen molar-refractivity contribution in [3.63, 3.8) is 0 Å². The number of nitrogens with zero attached hydrogens (tertiary/aromatic N) is 3. The fourth-order valence-corrected chi connectivity index (χ4v) is 2.57. The van der Waals surface area contributed by atoms with Crippen molar-refractivity contribution in [2.75, 3.05) is 19.0 Å². The summed E-state index contributed by atoms with van der Waals surface area (Å²) in [4.78, 5) is 18.9. The molecule has 0 unspecified atom stereocenters. The highest BCUT2D eigenvalue weighted by molar-refractivity contribution is 5.95. The molecule has 4 nitrogen and oxygen atoms in total. The molecule has 0 atom stereocenters. The Balaban J connectivity index is 1.93. The number of aromatic nitrogens is 1. The molecule has 3 aromatic rings. The van der Waals surface area contributed by atoms with Crippen molar-refractivity contribution < 1.29 is 4.79 Å². The molecule has 126 valence electrons. The molecule has 3 rings (SSSR count). The predicted molar refractivity (Wildman–Crippen MR) is 101 cm³/mol. The van der Waals surface area contributed by atoms with Crippen LogP contribution in [0.15, 0.2) is 84.0 Å². The Hall–Kier alpha value is -3.14. The molecule has 0 aliphatic carbocycles. The SMILES string of the molecule is CN(C)c1cccc(C(=O)N=c2ccccn2Cc2ccccc2)c1. The first-order valence-corrected chi connectivity index (χ1v) is 8.19. The van der Waals surface area contributed by atoms with Gasteiger partial charge in [0, 0.05) is 38.1 Å². The first kappa shape index (κ1) is 16.7. The number of carbonyl (C=O) groups is 1. The van der Waals surface area contributed by atoms with Crippen LogP contribution in [0.3, 0.4) is 0 Å². The van der Waals surface area contributed by atoms with Gasteiger partial charge in [-0.05, 0) is 35.9 Å². The highest BCUT2D eigenvalue weighted by Gasteiger charge is 2.06. The molecule has 0 spiro atoms. The topological polar surface area (TPSA) is 37.6 Å². The normalized spacial score (nSPS) is 11.4. The van der Waals surface area contributed by atoms with Gasteiger partial charge in [-0.2, -0.15) is 4.99 Å². The summed E-state index contributed by atoms with van der Waals surface area (Å²) in [5.74, 6) is -0.239. The summed E-state index contributed by atoms with van der Waals surface area (Å²) in [6.07, 6.45) is 1.94. The summed E-state index contributed by atoms with van der Waals surface area (Å²) in [7, 11) is 3.90. The van der Waals surface area contributed by atoms with Gasteiger partial charge in [0.15, 0.2) is 0 Å². The lowest BCUT2D eigenvalue weighted by Crippen LogP contribution is -2.22. The van der Waals surface area contributed by atoms with Crippen molar-refractivity contribution in [3.8, 4) is 0 Å². The molecule has 1 heterocycles. The Morgan fingerprint density at radius 1 is 0.960 bits per heavy atom. The largest absolute Gasteiger partial charge is 0.378 e. The summed E-state index contributed by atoms with van der Waals surface area (Å²) in [6.45, 7) is 0.672. The zero-order chi connectivity index (χ0) is 17.6. The Labute approximate surface area is 147 Å². The van der Waals surface area contributed by atoms with Crippen LogP contribution in [-0.4, -0.2) is 24.6 Å². The van der Waals surface area contributed by atoms with Gasteiger partial charge in [-0.3, -0.25) is 4.79 Å². The summed E-state index contributed by atoms with van der Waals surface area (Å²) in [6, 6.07) is 23.3. The summed E-state index contributed by atoms with van der Waals surface area (Å²) < 4.78 is 1.98. The molecule has 0 bridgehead atoms. The monoisotopic (exact) mass is 331 g/mol. The van der Waals surface area contributed by atoms with E-state index in [2.05, 4.69) is 17.1 Å². The van der Waals surface area contributed by atoms with Crippen molar-refractivity contribution >= 4 is 11.6 Å². The molecule has 1 aromatic heterocycles. The van der Waals surface area contributed by atoms with E-state index in [4.69, 9.17) is 0 Å². The van der Waals surface area contributed by atoms with Gasteiger partial charge < -0.3 is 9.47 Å². The molecular formula is C21H21N3O. The summed E-state index contributed by atoms with van der Waals surface area (Å²) >= 11 is 0. The van der Waals surface area contributed by atoms with Gasteiger partial charge in [0.25, 0.3) is 5.91 Å². The van der Waals surface area contributed by atoms with E-state index in [9.17, 15) is 4.79 Å². The minimum absolute atomic E-state index is 0.239. The van der Waals surface area contributed by atoms with E-state index in [1.54, 1.807) is 6.07 Å². The van der Waals surface area contributed by atoms with E-state index in [0.717, 1.165) is 11.3 Å². The first-order chi connectivity index (χ1) is 12.1. The van der Waals surface area contributed by atoms with Gasteiger partial charge >= 0.3 is 0 Å². The molecule has 4 heteroatoms. The zero-order valence-electron chi connectivity index (χ0n) is 14.5. The van der Waals surface area contributed by atoms with Crippen molar-refractivity contribution in [1.82, 2.24) is 4.57 Å². The Morgan fingerprint density at radius 2 is 1.72 bits per heavy atom. The molecule has 1 amide bonds. The van der Waals surface area contributed by atoms with Crippen LogP contribution in [0, 0.1) is 0 Å². The van der Waals surface area contributed by atoms with Crippen molar-refractivity contribution in [2.45, 2.75) is 6.54 Å². The first-order valence-electron chi connectivity index (χ1n) is 8.19. The van der Waals surface area contributed by atoms with Crippen molar-refractivity contribution in [3.05, 3.63) is 95.6 Å². The number of anilines is 1. The maximum atomic E-state index is 12.6. The quantitative estimate of drug-likeness (QED) is 0.735. The maximum Gasteiger partial charge on any atom is 0.279 e. The van der Waals surface area contributed by atoms with Gasteiger partial charge in [-0.25, -0.2) is 0 Å². The second-order valence-corrected chi connectivity index (χ2v) is 6.03. The third kappa shape index (κ3) is 4.23. The number of amides is 1. The van der Waals surface area contributed by atoms with Gasteiger partial charge in [0.2, 0.25) is 0 Å². The smallest absolute Gasteiger partial charge is 0.279 e. The van der Waals surface area contributed by atoms with Gasteiger partial charge in [0.05, 0.1) is 0 Å². The van der Waals surface area contributed by atoms with Crippen molar-refractivity contribution in [2.24, 2.45) is 4.99 Å². The van der Waals surface area contributed by atoms with E-state index in [0.29, 0.717) is 17.6 Å². The zero-order valence-corrected chi connectivity index (χ0v) is 14.5. The average Bonchev–Trinajstić information content (AvgIpc) is 2.64. The lowest BCUT2D eigenvalue weighted by atomic mass is 10.2. The van der Waals surface area contributed by atoms with Crippen LogP contribution in [0.1, 0.15) is 15.9 Å².